The highest BCUT2D eigenvalue weighted by molar-refractivity contribution is 5.79. The lowest BCUT2D eigenvalue weighted by Gasteiger charge is -2.16. The van der Waals surface area contributed by atoms with Gasteiger partial charge in [0.2, 0.25) is 0 Å². The maximum Gasteiger partial charge on any atom is 0.280 e. The fourth-order valence-electron chi connectivity index (χ4n) is 3.14. The molecule has 0 saturated heterocycles. The number of methoxy groups -OCH3 is 1. The summed E-state index contributed by atoms with van der Waals surface area (Å²) in [5.41, 5.74) is 5.66. The number of nitrogens with one attached hydrogen (secondary N) is 2. The molecule has 0 aliphatic rings. The van der Waals surface area contributed by atoms with Gasteiger partial charge in [0.25, 0.3) is 5.56 Å². The van der Waals surface area contributed by atoms with Crippen LogP contribution >= 0.6 is 0 Å². The molecule has 3 aromatic carbocycles. The van der Waals surface area contributed by atoms with E-state index in [1.807, 2.05) is 72.8 Å². The van der Waals surface area contributed by atoms with Crippen LogP contribution in [-0.4, -0.2) is 29.9 Å². The number of anilines is 1. The monoisotopic (exact) mass is 386 g/mol. The van der Waals surface area contributed by atoms with Gasteiger partial charge >= 0.3 is 0 Å². The van der Waals surface area contributed by atoms with Gasteiger partial charge in [0.05, 0.1) is 18.0 Å². The van der Waals surface area contributed by atoms with Crippen molar-refractivity contribution in [3.63, 3.8) is 0 Å². The minimum absolute atomic E-state index is 0.112. The molecule has 4 rings (SSSR count). The Morgan fingerprint density at radius 1 is 0.897 bits per heavy atom. The Morgan fingerprint density at radius 2 is 1.62 bits per heavy atom. The molecule has 0 unspecified atom stereocenters. The summed E-state index contributed by atoms with van der Waals surface area (Å²) in [5.74, 6) is 1.41. The summed E-state index contributed by atoms with van der Waals surface area (Å²) in [5, 5.41) is 3.91. The molecule has 4 aromatic rings. The van der Waals surface area contributed by atoms with E-state index in [0.29, 0.717) is 29.8 Å². The second kappa shape index (κ2) is 8.48. The molecule has 0 aliphatic heterocycles. The van der Waals surface area contributed by atoms with Crippen molar-refractivity contribution in [1.82, 2.24) is 9.66 Å². The fourth-order valence-corrected chi connectivity index (χ4v) is 3.14. The first-order chi connectivity index (χ1) is 14.3. The van der Waals surface area contributed by atoms with Gasteiger partial charge in [0.15, 0.2) is 5.82 Å². The van der Waals surface area contributed by atoms with E-state index < -0.39 is 0 Å². The van der Waals surface area contributed by atoms with E-state index in [1.165, 1.54) is 4.68 Å². The quantitative estimate of drug-likeness (QED) is 0.474. The Labute approximate surface area is 168 Å². The minimum atomic E-state index is -0.112. The zero-order valence-corrected chi connectivity index (χ0v) is 16.1. The van der Waals surface area contributed by atoms with Gasteiger partial charge in [-0.1, -0.05) is 42.5 Å². The summed E-state index contributed by atoms with van der Waals surface area (Å²) < 4.78 is 6.71. The highest BCUT2D eigenvalue weighted by Gasteiger charge is 2.12. The highest BCUT2D eigenvalue weighted by atomic mass is 16.5. The normalized spacial score (nSPS) is 10.7. The predicted molar refractivity (Wildman–Crippen MR) is 117 cm³/mol. The zero-order chi connectivity index (χ0) is 20.1. The molecule has 0 bridgehead atoms. The van der Waals surface area contributed by atoms with Gasteiger partial charge in [-0.2, -0.15) is 0 Å². The number of fused-ring (bicyclic) bond motifs is 1. The number of aromatic nitrogens is 2. The fraction of sp³-hybridized carbons (Fsp3) is 0.130. The first-order valence-electron chi connectivity index (χ1n) is 9.45. The van der Waals surface area contributed by atoms with Crippen molar-refractivity contribution in [2.75, 3.05) is 30.9 Å². The van der Waals surface area contributed by atoms with Gasteiger partial charge in [-0.25, -0.2) is 9.66 Å². The first-order valence-corrected chi connectivity index (χ1v) is 9.45. The molecule has 0 fully saturated rings. The summed E-state index contributed by atoms with van der Waals surface area (Å²) in [6, 6.07) is 24.8. The van der Waals surface area contributed by atoms with E-state index in [0.717, 1.165) is 17.0 Å². The van der Waals surface area contributed by atoms with Crippen LogP contribution in [-0.2, 0) is 0 Å². The number of hydrogen-bond donors (Lipinski definition) is 2. The summed E-state index contributed by atoms with van der Waals surface area (Å²) in [6.07, 6.45) is 0. The van der Waals surface area contributed by atoms with Crippen LogP contribution in [0.2, 0.25) is 0 Å². The predicted octanol–water partition coefficient (Wildman–Crippen LogP) is 3.73. The standard InChI is InChI=1S/C23H22N4O2/c1-29-19-13-11-18(12-14-19)24-15-16-25-27-22(17-7-3-2-4-8-17)26-21-10-6-5-9-20(21)23(27)28/h2-14,24-25H,15-16H2,1H3. The molecule has 0 aliphatic carbocycles. The molecule has 6 heteroatoms. The summed E-state index contributed by atoms with van der Waals surface area (Å²) >= 11 is 0. The summed E-state index contributed by atoms with van der Waals surface area (Å²) in [7, 11) is 1.64. The molecule has 0 spiro atoms. The molecule has 29 heavy (non-hydrogen) atoms. The number of hydrogen-bond acceptors (Lipinski definition) is 5. The lowest BCUT2D eigenvalue weighted by atomic mass is 10.2. The summed E-state index contributed by atoms with van der Waals surface area (Å²) in [6.45, 7) is 1.19. The number of nitrogens with zero attached hydrogens (tertiary/aromatic N) is 2. The molecular formula is C23H22N4O2. The van der Waals surface area contributed by atoms with Gasteiger partial charge in [0.1, 0.15) is 5.75 Å². The Bertz CT molecular complexity index is 1160. The SMILES string of the molecule is COc1ccc(NCCNn2c(-c3ccccc3)nc3ccccc3c2=O)cc1. The van der Waals surface area contributed by atoms with Crippen LogP contribution in [0.15, 0.2) is 83.7 Å². The van der Waals surface area contributed by atoms with Crippen LogP contribution in [0.5, 0.6) is 5.75 Å². The van der Waals surface area contributed by atoms with Crippen LogP contribution in [0.3, 0.4) is 0 Å². The van der Waals surface area contributed by atoms with Crippen molar-refractivity contribution in [2.45, 2.75) is 0 Å². The van der Waals surface area contributed by atoms with E-state index in [-0.39, 0.29) is 5.56 Å². The Hall–Kier alpha value is -3.80. The highest BCUT2D eigenvalue weighted by Crippen LogP contribution is 2.18. The molecule has 6 nitrogen and oxygen atoms in total. The lowest BCUT2D eigenvalue weighted by molar-refractivity contribution is 0.415. The first kappa shape index (κ1) is 18.6. The molecule has 1 aromatic heterocycles. The van der Waals surface area contributed by atoms with Crippen molar-refractivity contribution in [2.24, 2.45) is 0 Å². The summed E-state index contributed by atoms with van der Waals surface area (Å²) in [4.78, 5) is 17.8. The average Bonchev–Trinajstić information content (AvgIpc) is 2.79. The third kappa shape index (κ3) is 4.06. The van der Waals surface area contributed by atoms with Gasteiger partial charge in [-0.15, -0.1) is 0 Å². The van der Waals surface area contributed by atoms with E-state index >= 15 is 0 Å². The Kier molecular flexibility index (Phi) is 5.42. The molecular weight excluding hydrogens is 364 g/mol. The van der Waals surface area contributed by atoms with E-state index in [2.05, 4.69) is 10.7 Å². The van der Waals surface area contributed by atoms with Crippen LogP contribution < -0.4 is 21.0 Å². The smallest absolute Gasteiger partial charge is 0.280 e. The van der Waals surface area contributed by atoms with E-state index in [9.17, 15) is 4.79 Å². The molecule has 0 saturated carbocycles. The third-order valence-corrected chi connectivity index (χ3v) is 4.62. The van der Waals surface area contributed by atoms with Crippen molar-refractivity contribution in [3.05, 3.63) is 89.2 Å². The van der Waals surface area contributed by atoms with Gasteiger partial charge in [0, 0.05) is 24.3 Å². The second-order valence-electron chi connectivity index (χ2n) is 6.52. The van der Waals surface area contributed by atoms with Crippen molar-refractivity contribution >= 4 is 16.6 Å². The van der Waals surface area contributed by atoms with E-state index in [1.54, 1.807) is 13.2 Å². The van der Waals surface area contributed by atoms with Crippen molar-refractivity contribution in [1.29, 1.82) is 0 Å². The van der Waals surface area contributed by atoms with Crippen LogP contribution in [0.4, 0.5) is 5.69 Å². The molecule has 2 N–H and O–H groups in total. The van der Waals surface area contributed by atoms with Crippen molar-refractivity contribution < 1.29 is 4.74 Å². The minimum Gasteiger partial charge on any atom is -0.497 e. The van der Waals surface area contributed by atoms with Crippen LogP contribution in [0, 0.1) is 0 Å². The molecule has 0 radical (unpaired) electrons. The lowest BCUT2D eigenvalue weighted by Crippen LogP contribution is -2.34. The number of ether oxygens (including phenoxy) is 1. The van der Waals surface area contributed by atoms with Crippen LogP contribution in [0.1, 0.15) is 0 Å². The Morgan fingerprint density at radius 3 is 2.38 bits per heavy atom. The topological polar surface area (TPSA) is 68.2 Å². The Balaban J connectivity index is 1.57. The number of rotatable bonds is 7. The van der Waals surface area contributed by atoms with Gasteiger partial charge in [-0.3, -0.25) is 4.79 Å². The van der Waals surface area contributed by atoms with E-state index in [4.69, 9.17) is 9.72 Å². The largest absolute Gasteiger partial charge is 0.497 e. The van der Waals surface area contributed by atoms with Crippen molar-refractivity contribution in [3.8, 4) is 17.1 Å². The third-order valence-electron chi connectivity index (χ3n) is 4.62. The van der Waals surface area contributed by atoms with Gasteiger partial charge in [-0.05, 0) is 36.4 Å². The maximum atomic E-state index is 13.1. The second-order valence-corrected chi connectivity index (χ2v) is 6.52. The maximum absolute atomic E-state index is 13.1. The molecule has 146 valence electrons. The van der Waals surface area contributed by atoms with Crippen LogP contribution in [0.25, 0.3) is 22.3 Å². The van der Waals surface area contributed by atoms with Gasteiger partial charge < -0.3 is 15.5 Å². The molecule has 1 heterocycles. The number of benzene rings is 3. The zero-order valence-electron chi connectivity index (χ0n) is 16.1. The average molecular weight is 386 g/mol. The molecule has 0 amide bonds. The molecule has 0 atom stereocenters. The number of para-hydroxylation sites is 1.